The number of halogens is 1. The number of fused-ring (bicyclic) bond motifs is 1. The fourth-order valence-electron chi connectivity index (χ4n) is 3.34. The second-order valence-corrected chi connectivity index (χ2v) is 7.11. The number of ether oxygens (including phenoxy) is 1. The summed E-state index contributed by atoms with van der Waals surface area (Å²) >= 11 is 5.93. The second kappa shape index (κ2) is 8.00. The molecule has 1 amide bonds. The number of aromatic nitrogens is 3. The minimum absolute atomic E-state index is 0.287. The normalized spacial score (nSPS) is 15.2. The smallest absolute Gasteiger partial charge is 0.337 e. The van der Waals surface area contributed by atoms with Crippen LogP contribution in [-0.2, 0) is 9.53 Å². The number of rotatable bonds is 4. The van der Waals surface area contributed by atoms with Gasteiger partial charge in [-0.3, -0.25) is 4.79 Å². The van der Waals surface area contributed by atoms with Crippen molar-refractivity contribution in [3.05, 3.63) is 82.3 Å². The zero-order valence-electron chi connectivity index (χ0n) is 16.2. The van der Waals surface area contributed by atoms with E-state index >= 15 is 0 Å². The number of hydrogen-bond acceptors (Lipinski definition) is 6. The third-order valence-electron chi connectivity index (χ3n) is 4.79. The van der Waals surface area contributed by atoms with Crippen LogP contribution in [0.25, 0.3) is 0 Å². The molecule has 2 aromatic carbocycles. The first kappa shape index (κ1) is 19.7. The van der Waals surface area contributed by atoms with Crippen LogP contribution in [0.3, 0.4) is 0 Å². The van der Waals surface area contributed by atoms with E-state index in [-0.39, 0.29) is 5.91 Å². The summed E-state index contributed by atoms with van der Waals surface area (Å²) < 4.78 is 6.39. The van der Waals surface area contributed by atoms with Crippen LogP contribution in [0.5, 0.6) is 0 Å². The summed E-state index contributed by atoms with van der Waals surface area (Å²) in [6, 6.07) is 13.2. The molecule has 2 heterocycles. The van der Waals surface area contributed by atoms with Gasteiger partial charge in [-0.2, -0.15) is 10.1 Å². The fourth-order valence-corrected chi connectivity index (χ4v) is 3.47. The summed E-state index contributed by atoms with van der Waals surface area (Å²) in [6.45, 7) is 1.81. The van der Waals surface area contributed by atoms with Crippen LogP contribution in [-0.4, -0.2) is 33.8 Å². The molecule has 0 radical (unpaired) electrons. The molecular weight excluding hydrogens is 406 g/mol. The molecule has 1 aromatic heterocycles. The number of carbonyl (C=O) groups excluding carboxylic acids is 2. The number of nitrogens with zero attached hydrogens (tertiary/aromatic N) is 3. The second-order valence-electron chi connectivity index (χ2n) is 6.67. The van der Waals surface area contributed by atoms with Crippen LogP contribution < -0.4 is 10.6 Å². The van der Waals surface area contributed by atoms with E-state index < -0.39 is 12.0 Å². The Balaban J connectivity index is 1.72. The Labute approximate surface area is 177 Å². The van der Waals surface area contributed by atoms with Gasteiger partial charge in [-0.25, -0.2) is 9.48 Å². The molecule has 1 aliphatic heterocycles. The van der Waals surface area contributed by atoms with Gasteiger partial charge in [0, 0.05) is 16.4 Å². The number of hydrogen-bond donors (Lipinski definition) is 2. The van der Waals surface area contributed by atoms with Crippen molar-refractivity contribution >= 4 is 35.1 Å². The van der Waals surface area contributed by atoms with Crippen molar-refractivity contribution in [3.63, 3.8) is 0 Å². The van der Waals surface area contributed by atoms with Gasteiger partial charge in [0.15, 0.2) is 0 Å². The average Bonchev–Trinajstić information content (AvgIpc) is 3.22. The molecule has 4 rings (SSSR count). The van der Waals surface area contributed by atoms with Crippen molar-refractivity contribution in [1.29, 1.82) is 0 Å². The van der Waals surface area contributed by atoms with Crippen molar-refractivity contribution in [2.45, 2.75) is 13.0 Å². The summed E-state index contributed by atoms with van der Waals surface area (Å²) in [5.41, 5.74) is 2.95. The lowest BCUT2D eigenvalue weighted by Gasteiger charge is -2.28. The molecule has 0 bridgehead atoms. The van der Waals surface area contributed by atoms with Gasteiger partial charge < -0.3 is 15.4 Å². The summed E-state index contributed by atoms with van der Waals surface area (Å²) in [5, 5.41) is 10.9. The van der Waals surface area contributed by atoms with E-state index in [2.05, 4.69) is 20.7 Å². The number of benzene rings is 2. The first-order chi connectivity index (χ1) is 14.5. The van der Waals surface area contributed by atoms with Gasteiger partial charge in [-0.05, 0) is 48.9 Å². The summed E-state index contributed by atoms with van der Waals surface area (Å²) in [5.74, 6) is -0.191. The highest BCUT2D eigenvalue weighted by Crippen LogP contribution is 2.35. The van der Waals surface area contributed by atoms with Crippen molar-refractivity contribution in [2.75, 3.05) is 17.7 Å². The molecule has 1 atom stereocenters. The Hall–Kier alpha value is -3.65. The molecule has 8 nitrogen and oxygen atoms in total. The molecule has 0 spiro atoms. The van der Waals surface area contributed by atoms with Gasteiger partial charge in [0.05, 0.1) is 18.2 Å². The highest BCUT2D eigenvalue weighted by Gasteiger charge is 2.33. The lowest BCUT2D eigenvalue weighted by Crippen LogP contribution is -2.31. The maximum absolute atomic E-state index is 13.2. The number of amides is 1. The van der Waals surface area contributed by atoms with Crippen molar-refractivity contribution in [1.82, 2.24) is 14.8 Å². The molecule has 0 aliphatic carbocycles. The van der Waals surface area contributed by atoms with E-state index in [9.17, 15) is 9.59 Å². The zero-order valence-corrected chi connectivity index (χ0v) is 17.0. The van der Waals surface area contributed by atoms with E-state index in [4.69, 9.17) is 16.3 Å². The summed E-state index contributed by atoms with van der Waals surface area (Å²) in [6.07, 6.45) is 1.42. The number of carbonyl (C=O) groups is 2. The van der Waals surface area contributed by atoms with Crippen molar-refractivity contribution in [3.8, 4) is 0 Å². The standard InChI is InChI=1S/C21H18ClN5O3/c1-12-17(19(28)26-16-9-7-15(22)8-10-16)18(27-21(25-12)23-11-24-27)13-3-5-14(6-4-13)20(29)30-2/h3-11,18H,1-2H3,(H,26,28)(H,23,24,25)/t18-/m0/s1. The van der Waals surface area contributed by atoms with Crippen LogP contribution in [0.15, 0.2) is 66.1 Å². The Morgan fingerprint density at radius 2 is 1.83 bits per heavy atom. The average molecular weight is 424 g/mol. The first-order valence-electron chi connectivity index (χ1n) is 9.10. The van der Waals surface area contributed by atoms with Crippen LogP contribution in [0.4, 0.5) is 11.6 Å². The van der Waals surface area contributed by atoms with E-state index in [1.54, 1.807) is 53.2 Å². The van der Waals surface area contributed by atoms with Gasteiger partial charge in [-0.15, -0.1) is 0 Å². The quantitative estimate of drug-likeness (QED) is 0.621. The first-order valence-corrected chi connectivity index (χ1v) is 9.48. The molecule has 3 aromatic rings. The largest absolute Gasteiger partial charge is 0.465 e. The molecule has 0 saturated heterocycles. The molecule has 152 valence electrons. The maximum Gasteiger partial charge on any atom is 0.337 e. The minimum Gasteiger partial charge on any atom is -0.465 e. The van der Waals surface area contributed by atoms with Gasteiger partial charge in [0.1, 0.15) is 12.4 Å². The van der Waals surface area contributed by atoms with Crippen LogP contribution in [0.2, 0.25) is 5.02 Å². The van der Waals surface area contributed by atoms with Gasteiger partial charge in [0.2, 0.25) is 5.95 Å². The van der Waals surface area contributed by atoms with Crippen LogP contribution >= 0.6 is 11.6 Å². The Morgan fingerprint density at radius 3 is 2.50 bits per heavy atom. The molecule has 30 heavy (non-hydrogen) atoms. The highest BCUT2D eigenvalue weighted by atomic mass is 35.5. The maximum atomic E-state index is 13.2. The minimum atomic E-state index is -0.525. The summed E-state index contributed by atoms with van der Waals surface area (Å²) in [4.78, 5) is 29.2. The Bertz CT molecular complexity index is 1140. The number of allylic oxidation sites excluding steroid dienone is 1. The van der Waals surface area contributed by atoms with Crippen molar-refractivity contribution < 1.29 is 14.3 Å². The van der Waals surface area contributed by atoms with E-state index in [1.165, 1.54) is 13.4 Å². The zero-order chi connectivity index (χ0) is 21.3. The van der Waals surface area contributed by atoms with Gasteiger partial charge in [-0.1, -0.05) is 23.7 Å². The van der Waals surface area contributed by atoms with E-state index in [1.807, 2.05) is 6.92 Å². The van der Waals surface area contributed by atoms with Gasteiger partial charge in [0.25, 0.3) is 5.91 Å². The van der Waals surface area contributed by atoms with Crippen LogP contribution in [0, 0.1) is 0 Å². The third kappa shape index (κ3) is 3.65. The molecule has 2 N–H and O–H groups in total. The van der Waals surface area contributed by atoms with E-state index in [0.717, 1.165) is 5.56 Å². The number of methoxy groups -OCH3 is 1. The lowest BCUT2D eigenvalue weighted by molar-refractivity contribution is -0.113. The van der Waals surface area contributed by atoms with E-state index in [0.29, 0.717) is 33.5 Å². The Kier molecular flexibility index (Phi) is 5.24. The molecule has 0 fully saturated rings. The fraction of sp³-hybridized carbons (Fsp3) is 0.143. The SMILES string of the molecule is COC(=O)c1ccc([C@H]2C(C(=O)Nc3ccc(Cl)cc3)=C(C)Nc3ncnn32)cc1. The van der Waals surface area contributed by atoms with Crippen molar-refractivity contribution in [2.24, 2.45) is 0 Å². The van der Waals surface area contributed by atoms with Gasteiger partial charge >= 0.3 is 5.97 Å². The Morgan fingerprint density at radius 1 is 1.13 bits per heavy atom. The molecule has 9 heteroatoms. The number of nitrogens with one attached hydrogen (secondary N) is 2. The number of anilines is 2. The third-order valence-corrected chi connectivity index (χ3v) is 5.04. The number of esters is 1. The lowest BCUT2D eigenvalue weighted by atomic mass is 9.94. The molecule has 1 aliphatic rings. The molecule has 0 unspecified atom stereocenters. The monoisotopic (exact) mass is 423 g/mol. The molecular formula is C21H18ClN5O3. The highest BCUT2D eigenvalue weighted by molar-refractivity contribution is 6.30. The molecule has 0 saturated carbocycles. The van der Waals surface area contributed by atoms with Crippen LogP contribution in [0.1, 0.15) is 28.9 Å². The predicted molar refractivity (Wildman–Crippen MR) is 112 cm³/mol. The predicted octanol–water partition coefficient (Wildman–Crippen LogP) is 3.65. The topological polar surface area (TPSA) is 98.1 Å². The summed E-state index contributed by atoms with van der Waals surface area (Å²) in [7, 11) is 1.33.